The molecule has 0 amide bonds. The molecule has 1 aromatic heterocycles. The number of sulfonamides is 1. The molecule has 0 spiro atoms. The van der Waals surface area contributed by atoms with Crippen molar-refractivity contribution in [3.8, 4) is 0 Å². The second-order valence-corrected chi connectivity index (χ2v) is 6.67. The number of aliphatic carboxylic acids is 1. The SMILES string of the molecule is O=C(O)CCCN(Cc1ccco1)S(=O)(=O)c1ccccc1. The Morgan fingerprint density at radius 2 is 1.86 bits per heavy atom. The van der Waals surface area contributed by atoms with Gasteiger partial charge >= 0.3 is 5.97 Å². The van der Waals surface area contributed by atoms with Gasteiger partial charge in [-0.15, -0.1) is 0 Å². The monoisotopic (exact) mass is 323 g/mol. The quantitative estimate of drug-likeness (QED) is 0.805. The molecule has 118 valence electrons. The summed E-state index contributed by atoms with van der Waals surface area (Å²) < 4.78 is 31.8. The van der Waals surface area contributed by atoms with Crippen LogP contribution >= 0.6 is 0 Å². The molecule has 22 heavy (non-hydrogen) atoms. The van der Waals surface area contributed by atoms with E-state index in [0.717, 1.165) is 0 Å². The molecule has 6 nitrogen and oxygen atoms in total. The second-order valence-electron chi connectivity index (χ2n) is 4.73. The molecular weight excluding hydrogens is 306 g/mol. The molecule has 1 heterocycles. The molecule has 0 aliphatic rings. The lowest BCUT2D eigenvalue weighted by molar-refractivity contribution is -0.137. The molecule has 2 rings (SSSR count). The highest BCUT2D eigenvalue weighted by Crippen LogP contribution is 2.19. The Balaban J connectivity index is 2.20. The summed E-state index contributed by atoms with van der Waals surface area (Å²) in [5, 5.41) is 8.72. The number of furan rings is 1. The minimum Gasteiger partial charge on any atom is -0.481 e. The number of carboxylic acids is 1. The van der Waals surface area contributed by atoms with Crippen molar-refractivity contribution < 1.29 is 22.7 Å². The van der Waals surface area contributed by atoms with Gasteiger partial charge in [0.2, 0.25) is 10.0 Å². The number of nitrogens with zero attached hydrogens (tertiary/aromatic N) is 1. The number of carbonyl (C=O) groups is 1. The van der Waals surface area contributed by atoms with E-state index in [-0.39, 0.29) is 30.8 Å². The average molecular weight is 323 g/mol. The van der Waals surface area contributed by atoms with E-state index in [4.69, 9.17) is 9.52 Å². The van der Waals surface area contributed by atoms with E-state index >= 15 is 0 Å². The average Bonchev–Trinajstić information content (AvgIpc) is 3.00. The highest BCUT2D eigenvalue weighted by Gasteiger charge is 2.25. The van der Waals surface area contributed by atoms with Crippen LogP contribution in [0.2, 0.25) is 0 Å². The normalized spacial score (nSPS) is 11.7. The Morgan fingerprint density at radius 3 is 2.45 bits per heavy atom. The van der Waals surface area contributed by atoms with Crippen molar-refractivity contribution in [3.05, 3.63) is 54.5 Å². The van der Waals surface area contributed by atoms with Crippen molar-refractivity contribution in [3.63, 3.8) is 0 Å². The van der Waals surface area contributed by atoms with Gasteiger partial charge < -0.3 is 9.52 Å². The highest BCUT2D eigenvalue weighted by molar-refractivity contribution is 7.89. The predicted molar refractivity (Wildman–Crippen MR) is 79.6 cm³/mol. The first-order valence-electron chi connectivity index (χ1n) is 6.79. The smallest absolute Gasteiger partial charge is 0.303 e. The summed E-state index contributed by atoms with van der Waals surface area (Å²) in [7, 11) is -3.69. The first-order chi connectivity index (χ1) is 10.5. The van der Waals surface area contributed by atoms with Crippen molar-refractivity contribution in [1.29, 1.82) is 0 Å². The fraction of sp³-hybridized carbons (Fsp3) is 0.267. The van der Waals surface area contributed by atoms with Crippen LogP contribution in [0.3, 0.4) is 0 Å². The summed E-state index contributed by atoms with van der Waals surface area (Å²) in [6, 6.07) is 11.4. The third kappa shape index (κ3) is 4.19. The first-order valence-corrected chi connectivity index (χ1v) is 8.23. The number of rotatable bonds is 8. The van der Waals surface area contributed by atoms with Gasteiger partial charge in [0.25, 0.3) is 0 Å². The molecule has 0 radical (unpaired) electrons. The Morgan fingerprint density at radius 1 is 1.14 bits per heavy atom. The topological polar surface area (TPSA) is 87.8 Å². The van der Waals surface area contributed by atoms with Crippen molar-refractivity contribution >= 4 is 16.0 Å². The van der Waals surface area contributed by atoms with Crippen molar-refractivity contribution in [2.24, 2.45) is 0 Å². The van der Waals surface area contributed by atoms with Crippen LogP contribution in [0.5, 0.6) is 0 Å². The van der Waals surface area contributed by atoms with Crippen LogP contribution in [0.4, 0.5) is 0 Å². The summed E-state index contributed by atoms with van der Waals surface area (Å²) in [4.78, 5) is 10.8. The number of hydrogen-bond donors (Lipinski definition) is 1. The van der Waals surface area contributed by atoms with Crippen LogP contribution in [0.25, 0.3) is 0 Å². The maximum Gasteiger partial charge on any atom is 0.303 e. The highest BCUT2D eigenvalue weighted by atomic mass is 32.2. The number of benzene rings is 1. The van der Waals surface area contributed by atoms with Crippen LogP contribution in [0.15, 0.2) is 58.0 Å². The van der Waals surface area contributed by atoms with Gasteiger partial charge in [0.05, 0.1) is 17.7 Å². The van der Waals surface area contributed by atoms with E-state index in [0.29, 0.717) is 5.76 Å². The zero-order valence-electron chi connectivity index (χ0n) is 11.9. The van der Waals surface area contributed by atoms with E-state index < -0.39 is 16.0 Å². The molecule has 0 bridgehead atoms. The summed E-state index contributed by atoms with van der Waals surface area (Å²) in [5.41, 5.74) is 0. The van der Waals surface area contributed by atoms with E-state index in [2.05, 4.69) is 0 Å². The Hall–Kier alpha value is -2.12. The molecule has 0 saturated heterocycles. The van der Waals surface area contributed by atoms with Crippen molar-refractivity contribution in [2.45, 2.75) is 24.3 Å². The third-order valence-corrected chi connectivity index (χ3v) is 4.95. The largest absolute Gasteiger partial charge is 0.481 e. The summed E-state index contributed by atoms with van der Waals surface area (Å²) >= 11 is 0. The van der Waals surface area contributed by atoms with E-state index in [1.54, 1.807) is 30.3 Å². The molecule has 0 saturated carbocycles. The summed E-state index contributed by atoms with van der Waals surface area (Å²) in [6.45, 7) is 0.189. The number of hydrogen-bond acceptors (Lipinski definition) is 4. The van der Waals surface area contributed by atoms with Crippen molar-refractivity contribution in [2.75, 3.05) is 6.54 Å². The zero-order valence-corrected chi connectivity index (χ0v) is 12.7. The molecular formula is C15H17NO5S. The predicted octanol–water partition coefficient (Wildman–Crippen LogP) is 2.34. The van der Waals surface area contributed by atoms with Crippen LogP contribution < -0.4 is 0 Å². The molecule has 0 fully saturated rings. The van der Waals surface area contributed by atoms with Crippen LogP contribution in [-0.2, 0) is 21.4 Å². The third-order valence-electron chi connectivity index (χ3n) is 3.09. The first kappa shape index (κ1) is 16.3. The van der Waals surface area contributed by atoms with Crippen LogP contribution in [0, 0.1) is 0 Å². The molecule has 2 aromatic rings. The van der Waals surface area contributed by atoms with Gasteiger partial charge in [-0.3, -0.25) is 4.79 Å². The van der Waals surface area contributed by atoms with Crippen LogP contribution in [-0.4, -0.2) is 30.3 Å². The van der Waals surface area contributed by atoms with Gasteiger partial charge in [-0.2, -0.15) is 4.31 Å². The second kappa shape index (κ2) is 7.24. The fourth-order valence-electron chi connectivity index (χ4n) is 2.01. The van der Waals surface area contributed by atoms with Gasteiger partial charge in [-0.25, -0.2) is 8.42 Å². The van der Waals surface area contributed by atoms with Crippen molar-refractivity contribution in [1.82, 2.24) is 4.31 Å². The Kier molecular flexibility index (Phi) is 5.35. The van der Waals surface area contributed by atoms with E-state index in [9.17, 15) is 13.2 Å². The standard InChI is InChI=1S/C15H17NO5S/c17-15(18)9-4-10-16(12-13-6-5-11-21-13)22(19,20)14-7-2-1-3-8-14/h1-3,5-8,11H,4,9-10,12H2,(H,17,18). The molecule has 0 aliphatic heterocycles. The van der Waals surface area contributed by atoms with Gasteiger partial charge in [0, 0.05) is 13.0 Å². The fourth-order valence-corrected chi connectivity index (χ4v) is 3.47. The van der Waals surface area contributed by atoms with Gasteiger partial charge in [0.15, 0.2) is 0 Å². The molecule has 0 aliphatic carbocycles. The molecule has 1 N–H and O–H groups in total. The molecule has 7 heteroatoms. The minimum atomic E-state index is -3.69. The molecule has 0 atom stereocenters. The van der Waals surface area contributed by atoms with Gasteiger partial charge in [-0.05, 0) is 30.7 Å². The molecule has 0 unspecified atom stereocenters. The van der Waals surface area contributed by atoms with E-state index in [1.165, 1.54) is 22.7 Å². The zero-order chi connectivity index (χ0) is 16.0. The maximum absolute atomic E-state index is 12.7. The van der Waals surface area contributed by atoms with E-state index in [1.807, 2.05) is 0 Å². The van der Waals surface area contributed by atoms with Gasteiger partial charge in [-0.1, -0.05) is 18.2 Å². The number of carboxylic acid groups (broad SMARTS) is 1. The Labute approximate surface area is 129 Å². The van der Waals surface area contributed by atoms with Crippen LogP contribution in [0.1, 0.15) is 18.6 Å². The maximum atomic E-state index is 12.7. The minimum absolute atomic E-state index is 0.0733. The Bertz CT molecular complexity index is 695. The lowest BCUT2D eigenvalue weighted by atomic mass is 10.3. The molecule has 1 aromatic carbocycles. The summed E-state index contributed by atoms with van der Waals surface area (Å²) in [6.07, 6.45) is 1.63. The van der Waals surface area contributed by atoms with Gasteiger partial charge in [0.1, 0.15) is 5.76 Å². The summed E-state index contributed by atoms with van der Waals surface area (Å²) in [5.74, 6) is -0.440. The lowest BCUT2D eigenvalue weighted by Crippen LogP contribution is -2.31. The lowest BCUT2D eigenvalue weighted by Gasteiger charge is -2.21.